The minimum Gasteiger partial charge on any atom is -0.437 e. The molecule has 0 N–H and O–H groups in total. The van der Waals surface area contributed by atoms with Gasteiger partial charge in [-0.05, 0) is 43.7 Å². The van der Waals surface area contributed by atoms with Gasteiger partial charge < -0.3 is 9.64 Å². The minimum atomic E-state index is 0.184. The van der Waals surface area contributed by atoms with Gasteiger partial charge in [0.25, 0.3) is 0 Å². The Morgan fingerprint density at radius 2 is 1.81 bits per heavy atom. The fraction of sp³-hybridized carbons (Fsp3) is 0.360. The average molecular weight is 436 g/mol. The summed E-state index contributed by atoms with van der Waals surface area (Å²) in [4.78, 5) is 15.1. The lowest BCUT2D eigenvalue weighted by molar-refractivity contribution is -0.133. The van der Waals surface area contributed by atoms with Crippen LogP contribution in [0.3, 0.4) is 0 Å². The van der Waals surface area contributed by atoms with Crippen molar-refractivity contribution in [3.63, 3.8) is 0 Å². The third-order valence-corrected chi connectivity index (χ3v) is 6.25. The van der Waals surface area contributed by atoms with Gasteiger partial charge in [0, 0.05) is 25.1 Å². The van der Waals surface area contributed by atoms with Crippen LogP contribution in [0.1, 0.15) is 31.2 Å². The highest BCUT2D eigenvalue weighted by molar-refractivity contribution is 6.32. The fourth-order valence-electron chi connectivity index (χ4n) is 3.91. The smallest absolute Gasteiger partial charge is 0.225 e. The number of aromatic nitrogens is 2. The van der Waals surface area contributed by atoms with Crippen LogP contribution in [0.4, 0.5) is 0 Å². The molecule has 0 unspecified atom stereocenters. The van der Waals surface area contributed by atoms with Crippen LogP contribution < -0.4 is 4.74 Å². The number of nitrogens with zero attached hydrogens (tertiary/aromatic N) is 3. The van der Waals surface area contributed by atoms with Crippen molar-refractivity contribution in [2.75, 3.05) is 6.54 Å². The van der Waals surface area contributed by atoms with E-state index in [1.807, 2.05) is 60.5 Å². The highest BCUT2D eigenvalue weighted by Crippen LogP contribution is 2.39. The van der Waals surface area contributed by atoms with E-state index in [1.54, 1.807) is 10.7 Å². The second kappa shape index (κ2) is 8.39. The summed E-state index contributed by atoms with van der Waals surface area (Å²) in [7, 11) is 1.87. The van der Waals surface area contributed by atoms with Gasteiger partial charge in [0.15, 0.2) is 0 Å². The van der Waals surface area contributed by atoms with Crippen molar-refractivity contribution < 1.29 is 9.53 Å². The van der Waals surface area contributed by atoms with Crippen LogP contribution in [0.5, 0.6) is 11.6 Å². The molecule has 0 radical (unpaired) electrons. The number of aryl methyl sites for hydroxylation is 1. The maximum Gasteiger partial charge on any atom is 0.225 e. The molecule has 5 rings (SSSR count). The maximum atomic E-state index is 13.1. The molecule has 0 spiro atoms. The summed E-state index contributed by atoms with van der Waals surface area (Å²) in [6.07, 6.45) is 4.41. The molecule has 0 atom stereocenters. The lowest BCUT2D eigenvalue weighted by Gasteiger charge is -2.23. The van der Waals surface area contributed by atoms with Gasteiger partial charge in [-0.3, -0.25) is 4.79 Å². The predicted octanol–water partition coefficient (Wildman–Crippen LogP) is 5.68. The Kier molecular flexibility index (Phi) is 5.45. The number of para-hydroxylation sites is 1. The van der Waals surface area contributed by atoms with E-state index in [0.29, 0.717) is 29.1 Å². The summed E-state index contributed by atoms with van der Waals surface area (Å²) in [6.45, 7) is 1.30. The zero-order chi connectivity index (χ0) is 21.4. The predicted molar refractivity (Wildman–Crippen MR) is 121 cm³/mol. The van der Waals surface area contributed by atoms with Crippen LogP contribution in [0.25, 0.3) is 11.3 Å². The third kappa shape index (κ3) is 4.47. The van der Waals surface area contributed by atoms with Gasteiger partial charge in [-0.1, -0.05) is 54.1 Å². The number of hydrogen-bond acceptors (Lipinski definition) is 3. The number of rotatable bonds is 8. The van der Waals surface area contributed by atoms with Crippen LogP contribution in [0.2, 0.25) is 5.02 Å². The Balaban J connectivity index is 1.55. The summed E-state index contributed by atoms with van der Waals surface area (Å²) in [5, 5.41) is 5.33. The molecule has 0 bridgehead atoms. The summed E-state index contributed by atoms with van der Waals surface area (Å²) in [5.74, 6) is 2.26. The van der Waals surface area contributed by atoms with Crippen molar-refractivity contribution in [2.45, 2.75) is 32.2 Å². The molecule has 2 aromatic carbocycles. The van der Waals surface area contributed by atoms with Crippen molar-refractivity contribution in [3.05, 3.63) is 65.2 Å². The Bertz CT molecular complexity index is 1090. The largest absolute Gasteiger partial charge is 0.437 e. The van der Waals surface area contributed by atoms with Crippen molar-refractivity contribution in [3.8, 4) is 22.9 Å². The molecule has 0 aliphatic heterocycles. The number of ether oxygens (including phenoxy) is 1. The molecule has 1 heterocycles. The molecule has 3 aromatic rings. The van der Waals surface area contributed by atoms with Crippen LogP contribution in [0, 0.1) is 11.8 Å². The van der Waals surface area contributed by atoms with E-state index in [0.717, 1.165) is 36.2 Å². The number of hydrogen-bond donors (Lipinski definition) is 0. The molecule has 2 aliphatic rings. The first-order valence-corrected chi connectivity index (χ1v) is 11.3. The lowest BCUT2D eigenvalue weighted by Crippen LogP contribution is -2.33. The van der Waals surface area contributed by atoms with Crippen LogP contribution in [-0.2, 0) is 18.4 Å². The van der Waals surface area contributed by atoms with Gasteiger partial charge in [-0.15, -0.1) is 0 Å². The lowest BCUT2D eigenvalue weighted by atomic mass is 10.1. The molecule has 31 heavy (non-hydrogen) atoms. The van der Waals surface area contributed by atoms with Crippen molar-refractivity contribution in [1.82, 2.24) is 14.7 Å². The molecule has 2 fully saturated rings. The summed E-state index contributed by atoms with van der Waals surface area (Å²) < 4.78 is 8.03. The zero-order valence-corrected chi connectivity index (χ0v) is 18.4. The molecular formula is C25H26ClN3O2. The molecule has 2 aliphatic carbocycles. The molecule has 6 heteroatoms. The Morgan fingerprint density at radius 3 is 2.48 bits per heavy atom. The SMILES string of the molecule is Cn1nc(-c2ccccc2)c(CN(CC2CC2)C(=O)C2CC2)c1Oc1ccccc1Cl. The Morgan fingerprint density at radius 1 is 1.10 bits per heavy atom. The van der Waals surface area contributed by atoms with Gasteiger partial charge in [0.05, 0.1) is 17.1 Å². The minimum absolute atomic E-state index is 0.184. The van der Waals surface area contributed by atoms with Gasteiger partial charge in [0.2, 0.25) is 11.8 Å². The molecule has 1 amide bonds. The van der Waals surface area contributed by atoms with Crippen molar-refractivity contribution in [1.29, 1.82) is 0 Å². The van der Waals surface area contributed by atoms with E-state index in [4.69, 9.17) is 21.4 Å². The highest BCUT2D eigenvalue weighted by Gasteiger charge is 2.37. The van der Waals surface area contributed by atoms with Gasteiger partial charge in [-0.2, -0.15) is 5.10 Å². The normalized spacial score (nSPS) is 15.7. The summed E-state index contributed by atoms with van der Waals surface area (Å²) >= 11 is 6.37. The highest BCUT2D eigenvalue weighted by atomic mass is 35.5. The van der Waals surface area contributed by atoms with Gasteiger partial charge in [-0.25, -0.2) is 4.68 Å². The van der Waals surface area contributed by atoms with E-state index in [-0.39, 0.29) is 11.8 Å². The quantitative estimate of drug-likeness (QED) is 0.457. The fourth-order valence-corrected chi connectivity index (χ4v) is 4.08. The van der Waals surface area contributed by atoms with Crippen molar-refractivity contribution in [2.24, 2.45) is 18.9 Å². The van der Waals surface area contributed by atoms with Crippen molar-refractivity contribution >= 4 is 17.5 Å². The molecule has 160 valence electrons. The molecule has 1 aromatic heterocycles. The van der Waals surface area contributed by atoms with Crippen LogP contribution >= 0.6 is 11.6 Å². The van der Waals surface area contributed by atoms with Crippen LogP contribution in [-0.4, -0.2) is 27.1 Å². The number of amides is 1. The second-order valence-corrected chi connectivity index (χ2v) is 9.00. The molecule has 0 saturated heterocycles. The number of carbonyl (C=O) groups is 1. The average Bonchev–Trinajstić information content (AvgIpc) is 3.70. The van der Waals surface area contributed by atoms with E-state index in [9.17, 15) is 4.79 Å². The molecule has 2 saturated carbocycles. The zero-order valence-electron chi connectivity index (χ0n) is 17.6. The standard InChI is InChI=1S/C25H26ClN3O2/c1-28-25(31-22-10-6-5-9-21(22)26)20(23(27-28)18-7-3-2-4-8-18)16-29(15-17-11-12-17)24(30)19-13-14-19/h2-10,17,19H,11-16H2,1H3. The van der Waals surface area contributed by atoms with Gasteiger partial charge in [0.1, 0.15) is 11.4 Å². The molecular weight excluding hydrogens is 410 g/mol. The van der Waals surface area contributed by atoms with Gasteiger partial charge >= 0.3 is 0 Å². The first-order chi connectivity index (χ1) is 15.1. The van der Waals surface area contributed by atoms with E-state index < -0.39 is 0 Å². The van der Waals surface area contributed by atoms with E-state index >= 15 is 0 Å². The number of carbonyl (C=O) groups excluding carboxylic acids is 1. The summed E-state index contributed by atoms with van der Waals surface area (Å²) in [6, 6.07) is 17.5. The third-order valence-electron chi connectivity index (χ3n) is 5.94. The second-order valence-electron chi connectivity index (χ2n) is 8.59. The Hall–Kier alpha value is -2.79. The first-order valence-electron chi connectivity index (χ1n) is 10.9. The summed E-state index contributed by atoms with van der Waals surface area (Å²) in [5.41, 5.74) is 2.77. The maximum absolute atomic E-state index is 13.1. The topological polar surface area (TPSA) is 47.4 Å². The van der Waals surface area contributed by atoms with E-state index in [1.165, 1.54) is 12.8 Å². The van der Waals surface area contributed by atoms with E-state index in [2.05, 4.69) is 0 Å². The number of benzene rings is 2. The number of halogens is 1. The molecule has 5 nitrogen and oxygen atoms in total. The monoisotopic (exact) mass is 435 g/mol. The Labute approximate surface area is 187 Å². The van der Waals surface area contributed by atoms with Crippen LogP contribution in [0.15, 0.2) is 54.6 Å². The first kappa shape index (κ1) is 20.1.